The van der Waals surface area contributed by atoms with E-state index in [0.29, 0.717) is 29.8 Å². The molecule has 0 aliphatic carbocycles. The summed E-state index contributed by atoms with van der Waals surface area (Å²) in [6.45, 7) is 2.75. The van der Waals surface area contributed by atoms with Crippen molar-refractivity contribution in [3.05, 3.63) is 71.3 Å². The summed E-state index contributed by atoms with van der Waals surface area (Å²) in [5.41, 5.74) is 1.82. The largest absolute Gasteiger partial charge is 0.336 e. The van der Waals surface area contributed by atoms with E-state index in [9.17, 15) is 9.59 Å². The van der Waals surface area contributed by atoms with Crippen LogP contribution in [0.3, 0.4) is 0 Å². The molecule has 5 nitrogen and oxygen atoms in total. The highest BCUT2D eigenvalue weighted by molar-refractivity contribution is 6.09. The zero-order valence-corrected chi connectivity index (χ0v) is 14.8. The molecule has 0 atom stereocenters. The molecule has 0 aromatic heterocycles. The Hall–Kier alpha value is -2.50. The number of ketones is 1. The van der Waals surface area contributed by atoms with E-state index >= 15 is 0 Å². The summed E-state index contributed by atoms with van der Waals surface area (Å²) in [5.74, 6) is -0.0639. The van der Waals surface area contributed by atoms with E-state index in [1.54, 1.807) is 41.3 Å². The first-order valence-electron chi connectivity index (χ1n) is 8.45. The van der Waals surface area contributed by atoms with Gasteiger partial charge < -0.3 is 15.5 Å². The summed E-state index contributed by atoms with van der Waals surface area (Å²) in [5, 5.41) is 6.13. The molecule has 2 aromatic carbocycles. The molecule has 0 saturated heterocycles. The van der Waals surface area contributed by atoms with Crippen molar-refractivity contribution in [1.29, 1.82) is 0 Å². The van der Waals surface area contributed by atoms with Crippen LogP contribution in [0.5, 0.6) is 0 Å². The fourth-order valence-electron chi connectivity index (χ4n) is 2.51. The molecule has 0 fully saturated rings. The van der Waals surface area contributed by atoms with Crippen LogP contribution in [0.25, 0.3) is 0 Å². The van der Waals surface area contributed by atoms with E-state index in [0.717, 1.165) is 13.1 Å². The number of nitrogens with one attached hydrogen (secondary N) is 2. The minimum absolute atomic E-state index is 0.0239. The van der Waals surface area contributed by atoms with Crippen molar-refractivity contribution in [2.75, 3.05) is 40.3 Å². The van der Waals surface area contributed by atoms with E-state index < -0.39 is 0 Å². The van der Waals surface area contributed by atoms with Crippen LogP contribution in [-0.2, 0) is 0 Å². The number of amides is 1. The summed E-state index contributed by atoms with van der Waals surface area (Å²) in [6, 6.07) is 16.0. The van der Waals surface area contributed by atoms with Gasteiger partial charge in [-0.15, -0.1) is 0 Å². The first-order chi connectivity index (χ1) is 12.2. The number of benzene rings is 2. The lowest BCUT2D eigenvalue weighted by Gasteiger charge is -2.22. The second kappa shape index (κ2) is 9.71. The number of likely N-dealkylation sites (N-methyl/N-ethyl adjacent to an activating group) is 2. The molecule has 0 aliphatic rings. The average molecular weight is 339 g/mol. The van der Waals surface area contributed by atoms with Gasteiger partial charge in [0.05, 0.1) is 0 Å². The number of rotatable bonds is 9. The first-order valence-corrected chi connectivity index (χ1v) is 8.45. The summed E-state index contributed by atoms with van der Waals surface area (Å²) in [6.07, 6.45) is 0. The Morgan fingerprint density at radius 1 is 0.760 bits per heavy atom. The average Bonchev–Trinajstić information content (AvgIpc) is 2.68. The monoisotopic (exact) mass is 339 g/mol. The standard InChI is InChI=1S/C20H25N3O2/c1-21-12-14-23(15-13-22-2)20(25)18-10-8-17(9-11-18)19(24)16-6-4-3-5-7-16/h3-11,21-22H,12-15H2,1-2H3. The van der Waals surface area contributed by atoms with Crippen LogP contribution in [0.1, 0.15) is 26.3 Å². The number of carbonyl (C=O) groups excluding carboxylic acids is 2. The predicted molar refractivity (Wildman–Crippen MR) is 100 cm³/mol. The maximum Gasteiger partial charge on any atom is 0.253 e. The SMILES string of the molecule is CNCCN(CCNC)C(=O)c1ccc(C(=O)c2ccccc2)cc1. The molecule has 5 heteroatoms. The van der Waals surface area contributed by atoms with Crippen LogP contribution in [-0.4, -0.2) is 56.9 Å². The molecule has 0 radical (unpaired) electrons. The van der Waals surface area contributed by atoms with Crippen LogP contribution < -0.4 is 10.6 Å². The minimum atomic E-state index is -0.0400. The Morgan fingerprint density at radius 3 is 1.76 bits per heavy atom. The van der Waals surface area contributed by atoms with E-state index in [1.807, 2.05) is 32.3 Å². The van der Waals surface area contributed by atoms with Crippen LogP contribution in [0, 0.1) is 0 Å². The Morgan fingerprint density at radius 2 is 1.24 bits per heavy atom. The van der Waals surface area contributed by atoms with Crippen molar-refractivity contribution in [3.8, 4) is 0 Å². The second-order valence-electron chi connectivity index (χ2n) is 5.77. The topological polar surface area (TPSA) is 61.4 Å². The Kier molecular flexibility index (Phi) is 7.32. The predicted octanol–water partition coefficient (Wildman–Crippen LogP) is 1.80. The Labute approximate surface area is 149 Å². The Balaban J connectivity index is 2.11. The summed E-state index contributed by atoms with van der Waals surface area (Å²) in [4.78, 5) is 26.9. The first kappa shape index (κ1) is 18.8. The van der Waals surface area contributed by atoms with Gasteiger partial charge in [-0.2, -0.15) is 0 Å². The van der Waals surface area contributed by atoms with Crippen molar-refractivity contribution < 1.29 is 9.59 Å². The second-order valence-corrected chi connectivity index (χ2v) is 5.77. The highest BCUT2D eigenvalue weighted by Gasteiger charge is 2.16. The van der Waals surface area contributed by atoms with Crippen molar-refractivity contribution >= 4 is 11.7 Å². The smallest absolute Gasteiger partial charge is 0.253 e. The summed E-state index contributed by atoms with van der Waals surface area (Å²) >= 11 is 0. The van der Waals surface area contributed by atoms with Gasteiger partial charge in [0.25, 0.3) is 5.91 Å². The zero-order chi connectivity index (χ0) is 18.1. The number of hydrogen-bond acceptors (Lipinski definition) is 4. The van der Waals surface area contributed by atoms with Crippen molar-refractivity contribution in [3.63, 3.8) is 0 Å². The fraction of sp³-hybridized carbons (Fsp3) is 0.300. The Bertz CT molecular complexity index is 676. The third-order valence-electron chi connectivity index (χ3n) is 3.98. The third kappa shape index (κ3) is 5.24. The van der Waals surface area contributed by atoms with Gasteiger partial charge >= 0.3 is 0 Å². The molecule has 0 aliphatic heterocycles. The van der Waals surface area contributed by atoms with Crippen molar-refractivity contribution in [2.24, 2.45) is 0 Å². The molecule has 0 heterocycles. The lowest BCUT2D eigenvalue weighted by atomic mass is 10.0. The van der Waals surface area contributed by atoms with Gasteiger partial charge in [-0.1, -0.05) is 42.5 Å². The fourth-order valence-corrected chi connectivity index (χ4v) is 2.51. The van der Waals surface area contributed by atoms with Gasteiger partial charge in [-0.3, -0.25) is 9.59 Å². The molecule has 2 aromatic rings. The minimum Gasteiger partial charge on any atom is -0.336 e. The van der Waals surface area contributed by atoms with Crippen LogP contribution in [0.2, 0.25) is 0 Å². The maximum absolute atomic E-state index is 12.7. The molecule has 2 rings (SSSR count). The quantitative estimate of drug-likeness (QED) is 0.684. The molecule has 0 unspecified atom stereocenters. The molecule has 1 amide bonds. The lowest BCUT2D eigenvalue weighted by molar-refractivity contribution is 0.0759. The lowest BCUT2D eigenvalue weighted by Crippen LogP contribution is -2.39. The van der Waals surface area contributed by atoms with E-state index in [-0.39, 0.29) is 11.7 Å². The number of carbonyl (C=O) groups is 2. The molecule has 0 saturated carbocycles. The van der Waals surface area contributed by atoms with E-state index in [2.05, 4.69) is 10.6 Å². The highest BCUT2D eigenvalue weighted by Crippen LogP contribution is 2.12. The van der Waals surface area contributed by atoms with Gasteiger partial charge in [0, 0.05) is 42.9 Å². The normalized spacial score (nSPS) is 10.5. The van der Waals surface area contributed by atoms with Gasteiger partial charge in [0.2, 0.25) is 0 Å². The van der Waals surface area contributed by atoms with Crippen molar-refractivity contribution in [1.82, 2.24) is 15.5 Å². The van der Waals surface area contributed by atoms with Gasteiger partial charge in [-0.05, 0) is 26.2 Å². The van der Waals surface area contributed by atoms with Crippen LogP contribution >= 0.6 is 0 Å². The van der Waals surface area contributed by atoms with E-state index in [1.165, 1.54) is 0 Å². The summed E-state index contributed by atoms with van der Waals surface area (Å²) < 4.78 is 0. The van der Waals surface area contributed by atoms with Gasteiger partial charge in [0.1, 0.15) is 0 Å². The van der Waals surface area contributed by atoms with Crippen LogP contribution in [0.15, 0.2) is 54.6 Å². The molecular weight excluding hydrogens is 314 g/mol. The molecule has 0 spiro atoms. The van der Waals surface area contributed by atoms with Crippen molar-refractivity contribution in [2.45, 2.75) is 0 Å². The highest BCUT2D eigenvalue weighted by atomic mass is 16.2. The van der Waals surface area contributed by atoms with Gasteiger partial charge in [-0.25, -0.2) is 0 Å². The van der Waals surface area contributed by atoms with Crippen LogP contribution in [0.4, 0.5) is 0 Å². The molecule has 2 N–H and O–H groups in total. The molecular formula is C20H25N3O2. The molecule has 25 heavy (non-hydrogen) atoms. The maximum atomic E-state index is 12.7. The molecule has 0 bridgehead atoms. The third-order valence-corrected chi connectivity index (χ3v) is 3.98. The van der Waals surface area contributed by atoms with Gasteiger partial charge in [0.15, 0.2) is 5.78 Å². The zero-order valence-electron chi connectivity index (χ0n) is 14.8. The summed E-state index contributed by atoms with van der Waals surface area (Å²) in [7, 11) is 3.73. The van der Waals surface area contributed by atoms with E-state index in [4.69, 9.17) is 0 Å². The number of hydrogen-bond donors (Lipinski definition) is 2. The molecule has 132 valence electrons. The number of nitrogens with zero attached hydrogens (tertiary/aromatic N) is 1.